The summed E-state index contributed by atoms with van der Waals surface area (Å²) in [4.78, 5) is 0.905. The van der Waals surface area contributed by atoms with E-state index in [1.165, 1.54) is 11.3 Å². The van der Waals surface area contributed by atoms with Crippen molar-refractivity contribution in [3.63, 3.8) is 0 Å². The number of hydrogen-bond donors (Lipinski definition) is 1. The van der Waals surface area contributed by atoms with Gasteiger partial charge in [-0.25, -0.2) is 0 Å². The third-order valence-electron chi connectivity index (χ3n) is 2.25. The molecule has 0 aliphatic rings. The summed E-state index contributed by atoms with van der Waals surface area (Å²) in [7, 11) is 0. The SMILES string of the molecule is CC(C)(C)NCCc1nnc(-c2ccc(Cl)s2)o1. The molecule has 0 amide bonds. The van der Waals surface area contributed by atoms with Crippen molar-refractivity contribution < 1.29 is 4.42 Å². The zero-order valence-electron chi connectivity index (χ0n) is 10.7. The van der Waals surface area contributed by atoms with Crippen LogP contribution in [0.25, 0.3) is 10.8 Å². The Balaban J connectivity index is 1.94. The first-order chi connectivity index (χ1) is 8.44. The third-order valence-corrected chi connectivity index (χ3v) is 3.46. The molecule has 0 unspecified atom stereocenters. The van der Waals surface area contributed by atoms with Crippen LogP contribution in [0.2, 0.25) is 4.34 Å². The van der Waals surface area contributed by atoms with Crippen LogP contribution in [0.3, 0.4) is 0 Å². The predicted octanol–water partition coefficient (Wildman–Crippen LogP) is 3.38. The van der Waals surface area contributed by atoms with Gasteiger partial charge in [0.25, 0.3) is 5.89 Å². The fourth-order valence-corrected chi connectivity index (χ4v) is 2.39. The maximum Gasteiger partial charge on any atom is 0.257 e. The summed E-state index contributed by atoms with van der Waals surface area (Å²) in [6.07, 6.45) is 0.726. The smallest absolute Gasteiger partial charge is 0.257 e. The van der Waals surface area contributed by atoms with E-state index in [1.807, 2.05) is 12.1 Å². The van der Waals surface area contributed by atoms with E-state index in [4.69, 9.17) is 16.0 Å². The molecule has 2 heterocycles. The van der Waals surface area contributed by atoms with Crippen molar-refractivity contribution in [2.24, 2.45) is 0 Å². The fourth-order valence-electron chi connectivity index (χ4n) is 1.43. The van der Waals surface area contributed by atoms with E-state index in [1.54, 1.807) is 0 Å². The maximum absolute atomic E-state index is 5.87. The van der Waals surface area contributed by atoms with E-state index < -0.39 is 0 Å². The molecule has 1 N–H and O–H groups in total. The summed E-state index contributed by atoms with van der Waals surface area (Å²) in [5.41, 5.74) is 0.101. The van der Waals surface area contributed by atoms with E-state index in [0.717, 1.165) is 22.2 Å². The van der Waals surface area contributed by atoms with Crippen LogP contribution in [0.5, 0.6) is 0 Å². The second-order valence-electron chi connectivity index (χ2n) is 5.03. The molecule has 0 saturated carbocycles. The van der Waals surface area contributed by atoms with Crippen molar-refractivity contribution in [3.05, 3.63) is 22.4 Å². The van der Waals surface area contributed by atoms with E-state index in [-0.39, 0.29) is 5.54 Å². The Morgan fingerprint density at radius 2 is 2.11 bits per heavy atom. The van der Waals surface area contributed by atoms with Gasteiger partial charge in [0.15, 0.2) is 0 Å². The number of halogens is 1. The molecule has 0 fully saturated rings. The lowest BCUT2D eigenvalue weighted by atomic mass is 10.1. The molecule has 0 radical (unpaired) electrons. The molecule has 0 bridgehead atoms. The minimum Gasteiger partial charge on any atom is -0.420 e. The van der Waals surface area contributed by atoms with E-state index >= 15 is 0 Å². The van der Waals surface area contributed by atoms with Crippen LogP contribution in [-0.4, -0.2) is 22.3 Å². The average Bonchev–Trinajstić information content (AvgIpc) is 2.85. The Kier molecular flexibility index (Phi) is 4.04. The molecule has 4 nitrogen and oxygen atoms in total. The number of aromatic nitrogens is 2. The zero-order valence-corrected chi connectivity index (χ0v) is 12.2. The predicted molar refractivity (Wildman–Crippen MR) is 74.1 cm³/mol. The average molecular weight is 286 g/mol. The Hall–Kier alpha value is -0.910. The highest BCUT2D eigenvalue weighted by atomic mass is 35.5. The molecule has 0 aliphatic heterocycles. The van der Waals surface area contributed by atoms with E-state index in [2.05, 4.69) is 36.3 Å². The molecule has 0 aromatic carbocycles. The van der Waals surface area contributed by atoms with Crippen molar-refractivity contribution in [1.82, 2.24) is 15.5 Å². The minimum absolute atomic E-state index is 0.101. The molecule has 98 valence electrons. The summed E-state index contributed by atoms with van der Waals surface area (Å²) in [5.74, 6) is 1.18. The monoisotopic (exact) mass is 285 g/mol. The van der Waals surface area contributed by atoms with Gasteiger partial charge in [0.1, 0.15) is 0 Å². The van der Waals surface area contributed by atoms with Crippen LogP contribution < -0.4 is 5.32 Å². The number of hydrogen-bond acceptors (Lipinski definition) is 5. The lowest BCUT2D eigenvalue weighted by Gasteiger charge is -2.19. The van der Waals surface area contributed by atoms with Gasteiger partial charge in [0.05, 0.1) is 9.21 Å². The van der Waals surface area contributed by atoms with Gasteiger partial charge in [0, 0.05) is 18.5 Å². The number of thiophene rings is 1. The topological polar surface area (TPSA) is 51.0 Å². The molecule has 18 heavy (non-hydrogen) atoms. The molecule has 2 aromatic heterocycles. The van der Waals surface area contributed by atoms with Crippen LogP contribution in [-0.2, 0) is 6.42 Å². The van der Waals surface area contributed by atoms with Crippen LogP contribution in [0.1, 0.15) is 26.7 Å². The van der Waals surface area contributed by atoms with Crippen molar-refractivity contribution in [1.29, 1.82) is 0 Å². The molecule has 0 aliphatic carbocycles. The highest BCUT2D eigenvalue weighted by molar-refractivity contribution is 7.19. The molecular weight excluding hydrogens is 270 g/mol. The van der Waals surface area contributed by atoms with Gasteiger partial charge in [-0.2, -0.15) is 0 Å². The van der Waals surface area contributed by atoms with Crippen LogP contribution in [0, 0.1) is 0 Å². The summed E-state index contributed by atoms with van der Waals surface area (Å²) < 4.78 is 6.31. The first-order valence-corrected chi connectivity index (χ1v) is 6.96. The fraction of sp³-hybridized carbons (Fsp3) is 0.500. The van der Waals surface area contributed by atoms with E-state index in [0.29, 0.717) is 11.8 Å². The lowest BCUT2D eigenvalue weighted by Crippen LogP contribution is -2.37. The summed E-state index contributed by atoms with van der Waals surface area (Å²) in [6, 6.07) is 3.71. The lowest BCUT2D eigenvalue weighted by molar-refractivity contribution is 0.412. The van der Waals surface area contributed by atoms with Gasteiger partial charge in [-0.05, 0) is 32.9 Å². The molecule has 2 aromatic rings. The van der Waals surface area contributed by atoms with Gasteiger partial charge >= 0.3 is 0 Å². The summed E-state index contributed by atoms with van der Waals surface area (Å²) in [6.45, 7) is 7.19. The first kappa shape index (κ1) is 13.5. The van der Waals surface area contributed by atoms with Crippen LogP contribution >= 0.6 is 22.9 Å². The number of nitrogens with one attached hydrogen (secondary N) is 1. The second kappa shape index (κ2) is 5.38. The molecule has 0 saturated heterocycles. The van der Waals surface area contributed by atoms with Crippen molar-refractivity contribution in [3.8, 4) is 10.8 Å². The molecule has 2 rings (SSSR count). The molecule has 0 atom stereocenters. The molecular formula is C12H16ClN3OS. The van der Waals surface area contributed by atoms with E-state index in [9.17, 15) is 0 Å². The molecule has 6 heteroatoms. The maximum atomic E-state index is 5.87. The normalized spacial score (nSPS) is 12.0. The second-order valence-corrected chi connectivity index (χ2v) is 6.75. The van der Waals surface area contributed by atoms with Crippen molar-refractivity contribution in [2.45, 2.75) is 32.7 Å². The Morgan fingerprint density at radius 3 is 2.72 bits per heavy atom. The number of nitrogens with zero attached hydrogens (tertiary/aromatic N) is 2. The zero-order chi connectivity index (χ0) is 13.2. The van der Waals surface area contributed by atoms with Crippen LogP contribution in [0.4, 0.5) is 0 Å². The van der Waals surface area contributed by atoms with Gasteiger partial charge in [-0.1, -0.05) is 11.6 Å². The first-order valence-electron chi connectivity index (χ1n) is 5.77. The van der Waals surface area contributed by atoms with Crippen LogP contribution in [0.15, 0.2) is 16.5 Å². The number of rotatable bonds is 4. The van der Waals surface area contributed by atoms with Crippen molar-refractivity contribution >= 4 is 22.9 Å². The van der Waals surface area contributed by atoms with Gasteiger partial charge in [-0.15, -0.1) is 21.5 Å². The summed E-state index contributed by atoms with van der Waals surface area (Å²) >= 11 is 7.31. The Morgan fingerprint density at radius 1 is 1.33 bits per heavy atom. The van der Waals surface area contributed by atoms with Gasteiger partial charge in [0.2, 0.25) is 5.89 Å². The standard InChI is InChI=1S/C12H16ClN3OS/c1-12(2,3)14-7-6-10-15-16-11(17-10)8-4-5-9(13)18-8/h4-5,14H,6-7H2,1-3H3. The largest absolute Gasteiger partial charge is 0.420 e. The summed E-state index contributed by atoms with van der Waals surface area (Å²) in [5, 5.41) is 11.4. The quantitative estimate of drug-likeness (QED) is 0.936. The van der Waals surface area contributed by atoms with Crippen molar-refractivity contribution in [2.75, 3.05) is 6.54 Å². The Bertz CT molecular complexity index is 515. The molecule has 0 spiro atoms. The Labute approximate surface area is 115 Å². The van der Waals surface area contributed by atoms with Gasteiger partial charge < -0.3 is 9.73 Å². The highest BCUT2D eigenvalue weighted by Gasteiger charge is 2.12. The van der Waals surface area contributed by atoms with Gasteiger partial charge in [-0.3, -0.25) is 0 Å². The minimum atomic E-state index is 0.101. The third kappa shape index (κ3) is 3.80. The highest BCUT2D eigenvalue weighted by Crippen LogP contribution is 2.29.